The van der Waals surface area contributed by atoms with Gasteiger partial charge < -0.3 is 4.98 Å². The lowest BCUT2D eigenvalue weighted by Crippen LogP contribution is -2.18. The number of carbonyl (C=O) groups is 1. The number of fused-ring (bicyclic) bond motifs is 1. The fraction of sp³-hybridized carbons (Fsp3) is 0.0500. The summed E-state index contributed by atoms with van der Waals surface area (Å²) in [6.07, 6.45) is 5.25. The first-order chi connectivity index (χ1) is 13.2. The zero-order chi connectivity index (χ0) is 18.6. The molecule has 2 heterocycles. The van der Waals surface area contributed by atoms with Crippen LogP contribution in [0.4, 0.5) is 0 Å². The van der Waals surface area contributed by atoms with Gasteiger partial charge in [-0.05, 0) is 29.8 Å². The molecule has 0 bridgehead atoms. The lowest BCUT2D eigenvalue weighted by atomic mass is 10.2. The summed E-state index contributed by atoms with van der Waals surface area (Å²) in [6, 6.07) is 17.6. The van der Waals surface area contributed by atoms with Gasteiger partial charge in [0.15, 0.2) is 5.69 Å². The molecule has 4 aromatic rings. The van der Waals surface area contributed by atoms with E-state index in [-0.39, 0.29) is 5.91 Å². The van der Waals surface area contributed by atoms with Crippen LogP contribution < -0.4 is 5.43 Å². The Morgan fingerprint density at radius 3 is 2.85 bits per heavy atom. The van der Waals surface area contributed by atoms with Gasteiger partial charge in [0, 0.05) is 33.3 Å². The molecule has 0 spiro atoms. The van der Waals surface area contributed by atoms with Crippen molar-refractivity contribution in [3.8, 4) is 0 Å². The van der Waals surface area contributed by atoms with Gasteiger partial charge >= 0.3 is 0 Å². The van der Waals surface area contributed by atoms with Crippen LogP contribution in [0.1, 0.15) is 21.6 Å². The Balaban J connectivity index is 1.40. The van der Waals surface area contributed by atoms with Crippen LogP contribution in [0, 0.1) is 0 Å². The molecule has 2 aromatic carbocycles. The van der Waals surface area contributed by atoms with E-state index < -0.39 is 0 Å². The number of rotatable bonds is 5. The molecule has 0 atom stereocenters. The maximum absolute atomic E-state index is 12.2. The molecule has 1 amide bonds. The highest BCUT2D eigenvalue weighted by Crippen LogP contribution is 2.15. The van der Waals surface area contributed by atoms with Gasteiger partial charge in [-0.2, -0.15) is 10.2 Å². The summed E-state index contributed by atoms with van der Waals surface area (Å²) in [7, 11) is 0. The predicted octanol–water partition coefficient (Wildman–Crippen LogP) is 3.94. The number of halogens is 1. The molecule has 0 saturated heterocycles. The van der Waals surface area contributed by atoms with Crippen molar-refractivity contribution in [2.75, 3.05) is 0 Å². The van der Waals surface area contributed by atoms with E-state index >= 15 is 0 Å². The van der Waals surface area contributed by atoms with Crippen LogP contribution in [0.5, 0.6) is 0 Å². The Kier molecular flexibility index (Phi) is 4.84. The molecular formula is C20H16BrN5O. The maximum Gasteiger partial charge on any atom is 0.291 e. The molecule has 0 aliphatic heterocycles. The second-order valence-corrected chi connectivity index (χ2v) is 6.93. The lowest BCUT2D eigenvalue weighted by molar-refractivity contribution is 0.0949. The van der Waals surface area contributed by atoms with Crippen molar-refractivity contribution in [2.45, 2.75) is 6.54 Å². The van der Waals surface area contributed by atoms with Gasteiger partial charge in [0.05, 0.1) is 12.8 Å². The summed E-state index contributed by atoms with van der Waals surface area (Å²) in [4.78, 5) is 15.4. The highest BCUT2D eigenvalue weighted by Gasteiger charge is 2.09. The number of H-pyrrole nitrogens is 1. The number of benzene rings is 2. The minimum Gasteiger partial charge on any atom is -0.361 e. The van der Waals surface area contributed by atoms with Gasteiger partial charge in [0.2, 0.25) is 0 Å². The van der Waals surface area contributed by atoms with Crippen molar-refractivity contribution in [3.05, 3.63) is 88.3 Å². The first-order valence-corrected chi connectivity index (χ1v) is 9.16. The van der Waals surface area contributed by atoms with Crippen LogP contribution in [-0.2, 0) is 6.54 Å². The predicted molar refractivity (Wildman–Crippen MR) is 109 cm³/mol. The molecule has 2 N–H and O–H groups in total. The van der Waals surface area contributed by atoms with Gasteiger partial charge in [-0.1, -0.05) is 46.3 Å². The number of para-hydroxylation sites is 1. The maximum atomic E-state index is 12.2. The highest BCUT2D eigenvalue weighted by atomic mass is 79.9. The van der Waals surface area contributed by atoms with Gasteiger partial charge in [-0.25, -0.2) is 5.43 Å². The summed E-state index contributed by atoms with van der Waals surface area (Å²) in [6.45, 7) is 0.596. The first kappa shape index (κ1) is 17.2. The highest BCUT2D eigenvalue weighted by molar-refractivity contribution is 9.10. The Labute approximate surface area is 164 Å². The number of aromatic nitrogens is 3. The smallest absolute Gasteiger partial charge is 0.291 e. The summed E-state index contributed by atoms with van der Waals surface area (Å²) in [5, 5.41) is 9.40. The van der Waals surface area contributed by atoms with Crippen LogP contribution in [0.2, 0.25) is 0 Å². The standard InChI is InChI=1S/C20H16BrN5O/c21-16-7-5-14(6-8-16)13-26-10-9-19(25-26)20(27)24-23-12-15-11-22-18-4-2-1-3-17(15)18/h1-12,22H,13H2,(H,24,27)/b23-12-. The summed E-state index contributed by atoms with van der Waals surface area (Å²) in [5.74, 6) is -0.347. The number of hydrazone groups is 1. The molecule has 134 valence electrons. The Morgan fingerprint density at radius 1 is 1.19 bits per heavy atom. The normalized spacial score (nSPS) is 11.3. The fourth-order valence-corrected chi connectivity index (χ4v) is 3.03. The molecule has 6 nitrogen and oxygen atoms in total. The van der Waals surface area contributed by atoms with Gasteiger partial charge in [0.1, 0.15) is 0 Å². The molecule has 27 heavy (non-hydrogen) atoms. The first-order valence-electron chi connectivity index (χ1n) is 8.36. The average molecular weight is 422 g/mol. The van der Waals surface area contributed by atoms with Crippen molar-refractivity contribution in [1.82, 2.24) is 20.2 Å². The summed E-state index contributed by atoms with van der Waals surface area (Å²) < 4.78 is 2.75. The van der Waals surface area contributed by atoms with Gasteiger partial charge in [-0.15, -0.1) is 0 Å². The van der Waals surface area contributed by atoms with Crippen LogP contribution in [0.25, 0.3) is 10.9 Å². The van der Waals surface area contributed by atoms with Crippen molar-refractivity contribution >= 4 is 39.0 Å². The Bertz CT molecular complexity index is 1110. The van der Waals surface area contributed by atoms with Crippen molar-refractivity contribution in [2.24, 2.45) is 5.10 Å². The zero-order valence-corrected chi connectivity index (χ0v) is 15.8. The molecule has 0 aliphatic carbocycles. The lowest BCUT2D eigenvalue weighted by Gasteiger charge is -2.02. The molecule has 0 unspecified atom stereocenters. The van der Waals surface area contributed by atoms with E-state index in [0.717, 1.165) is 26.5 Å². The summed E-state index contributed by atoms with van der Waals surface area (Å²) >= 11 is 3.41. The Morgan fingerprint density at radius 2 is 2.00 bits per heavy atom. The van der Waals surface area contributed by atoms with Gasteiger partial charge in [-0.3, -0.25) is 9.48 Å². The quantitative estimate of drug-likeness (QED) is 0.378. The number of aromatic amines is 1. The van der Waals surface area contributed by atoms with Crippen LogP contribution >= 0.6 is 15.9 Å². The molecule has 0 saturated carbocycles. The minimum absolute atomic E-state index is 0.322. The molecule has 7 heteroatoms. The average Bonchev–Trinajstić information content (AvgIpc) is 3.31. The number of nitrogens with one attached hydrogen (secondary N) is 2. The number of amides is 1. The van der Waals surface area contributed by atoms with E-state index in [1.54, 1.807) is 23.2 Å². The zero-order valence-electron chi connectivity index (χ0n) is 14.3. The van der Waals surface area contributed by atoms with E-state index in [1.807, 2.05) is 54.7 Å². The molecule has 0 radical (unpaired) electrons. The number of hydrogen-bond donors (Lipinski definition) is 2. The number of nitrogens with zero attached hydrogens (tertiary/aromatic N) is 3. The number of carbonyl (C=O) groups excluding carboxylic acids is 1. The third-order valence-corrected chi connectivity index (χ3v) is 4.65. The molecular weight excluding hydrogens is 406 g/mol. The summed E-state index contributed by atoms with van der Waals surface area (Å²) in [5.41, 5.74) is 5.88. The molecule has 4 rings (SSSR count). The van der Waals surface area contributed by atoms with Crippen molar-refractivity contribution < 1.29 is 4.79 Å². The van der Waals surface area contributed by atoms with Gasteiger partial charge in [0.25, 0.3) is 5.91 Å². The second kappa shape index (κ2) is 7.59. The number of hydrogen-bond acceptors (Lipinski definition) is 3. The topological polar surface area (TPSA) is 75.1 Å². The van der Waals surface area contributed by atoms with Crippen LogP contribution in [0.3, 0.4) is 0 Å². The van der Waals surface area contributed by atoms with E-state index in [9.17, 15) is 4.79 Å². The SMILES string of the molecule is O=C(N/N=C\c1c[nH]c2ccccc12)c1ccn(Cc2ccc(Br)cc2)n1. The minimum atomic E-state index is -0.347. The molecule has 0 fully saturated rings. The van der Waals surface area contributed by atoms with Crippen LogP contribution in [0.15, 0.2) is 76.6 Å². The monoisotopic (exact) mass is 421 g/mol. The van der Waals surface area contributed by atoms with E-state index in [2.05, 4.69) is 36.5 Å². The fourth-order valence-electron chi connectivity index (χ4n) is 2.77. The third-order valence-electron chi connectivity index (χ3n) is 4.12. The van der Waals surface area contributed by atoms with E-state index in [4.69, 9.17) is 0 Å². The van der Waals surface area contributed by atoms with Crippen molar-refractivity contribution in [3.63, 3.8) is 0 Å². The van der Waals surface area contributed by atoms with Crippen molar-refractivity contribution in [1.29, 1.82) is 0 Å². The molecule has 0 aliphatic rings. The Hall–Kier alpha value is -3.19. The van der Waals surface area contributed by atoms with E-state index in [0.29, 0.717) is 12.2 Å². The molecule has 2 aromatic heterocycles. The third kappa shape index (κ3) is 3.98. The second-order valence-electron chi connectivity index (χ2n) is 6.01. The van der Waals surface area contributed by atoms with E-state index in [1.165, 1.54) is 0 Å². The largest absolute Gasteiger partial charge is 0.361 e. The van der Waals surface area contributed by atoms with Crippen LogP contribution in [-0.4, -0.2) is 26.9 Å².